The molecule has 0 saturated carbocycles. The summed E-state index contributed by atoms with van der Waals surface area (Å²) >= 11 is 0. The molecule has 0 aliphatic carbocycles. The number of methoxy groups -OCH3 is 1. The van der Waals surface area contributed by atoms with E-state index in [9.17, 15) is 4.79 Å². The van der Waals surface area contributed by atoms with Crippen LogP contribution in [0.4, 0.5) is 17.2 Å². The van der Waals surface area contributed by atoms with Gasteiger partial charge in [-0.3, -0.25) is 4.79 Å². The molecule has 6 nitrogen and oxygen atoms in total. The fourth-order valence-corrected chi connectivity index (χ4v) is 2.56. The van der Waals surface area contributed by atoms with Crippen molar-refractivity contribution in [2.24, 2.45) is 0 Å². The van der Waals surface area contributed by atoms with Gasteiger partial charge in [-0.05, 0) is 30.7 Å². The van der Waals surface area contributed by atoms with Crippen LogP contribution in [0, 0.1) is 11.3 Å². The summed E-state index contributed by atoms with van der Waals surface area (Å²) in [5, 5.41) is 11.9. The average Bonchev–Trinajstić information content (AvgIpc) is 3.01. The van der Waals surface area contributed by atoms with Crippen LogP contribution in [0.3, 0.4) is 0 Å². The Kier molecular flexibility index (Phi) is 4.11. The third-order valence-corrected chi connectivity index (χ3v) is 3.71. The number of amides is 1. The number of aromatic nitrogens is 1. The van der Waals surface area contributed by atoms with E-state index in [1.807, 2.05) is 24.3 Å². The standard InChI is InChI=1S/C17H16N4O2/c1-23-15-9-13(20-16-7-4-12(10-18)11-19-16)5-6-14(15)21-8-2-3-17(21)22/h4-7,9,11H,2-3,8H2,1H3,(H,19,20). The second-order valence-electron chi connectivity index (χ2n) is 5.20. The molecule has 116 valence electrons. The summed E-state index contributed by atoms with van der Waals surface area (Å²) in [4.78, 5) is 17.8. The Bertz CT molecular complexity index is 765. The van der Waals surface area contributed by atoms with Gasteiger partial charge in [-0.25, -0.2) is 4.98 Å². The number of rotatable bonds is 4. The zero-order valence-electron chi connectivity index (χ0n) is 12.7. The SMILES string of the molecule is COc1cc(Nc2ccc(C#N)cn2)ccc1N1CCCC1=O. The summed E-state index contributed by atoms with van der Waals surface area (Å²) in [7, 11) is 1.59. The minimum absolute atomic E-state index is 0.123. The Morgan fingerprint density at radius 2 is 2.22 bits per heavy atom. The molecule has 1 aromatic heterocycles. The molecule has 1 aromatic carbocycles. The first-order valence-electron chi connectivity index (χ1n) is 7.33. The molecule has 1 aliphatic rings. The molecule has 1 amide bonds. The molecule has 23 heavy (non-hydrogen) atoms. The highest BCUT2D eigenvalue weighted by Gasteiger charge is 2.24. The molecule has 2 heterocycles. The van der Waals surface area contributed by atoms with Gasteiger partial charge in [0.15, 0.2) is 0 Å². The van der Waals surface area contributed by atoms with Gasteiger partial charge in [0.25, 0.3) is 0 Å². The van der Waals surface area contributed by atoms with Crippen LogP contribution in [0.15, 0.2) is 36.5 Å². The molecule has 1 aliphatic heterocycles. The zero-order valence-corrected chi connectivity index (χ0v) is 12.7. The number of anilines is 3. The molecule has 2 aromatic rings. The summed E-state index contributed by atoms with van der Waals surface area (Å²) in [6, 6.07) is 11.1. The first kappa shape index (κ1) is 14.9. The lowest BCUT2D eigenvalue weighted by Crippen LogP contribution is -2.24. The summed E-state index contributed by atoms with van der Waals surface area (Å²) in [6.07, 6.45) is 2.96. The van der Waals surface area contributed by atoms with E-state index in [-0.39, 0.29) is 5.91 Å². The number of carbonyl (C=O) groups is 1. The Hall–Kier alpha value is -3.07. The average molecular weight is 308 g/mol. The Morgan fingerprint density at radius 1 is 1.35 bits per heavy atom. The van der Waals surface area contributed by atoms with E-state index in [2.05, 4.69) is 10.3 Å². The van der Waals surface area contributed by atoms with E-state index in [4.69, 9.17) is 10.00 Å². The van der Waals surface area contributed by atoms with E-state index in [1.165, 1.54) is 6.20 Å². The number of pyridine rings is 1. The van der Waals surface area contributed by atoms with E-state index < -0.39 is 0 Å². The van der Waals surface area contributed by atoms with Crippen molar-refractivity contribution in [1.82, 2.24) is 4.98 Å². The molecular weight excluding hydrogens is 292 g/mol. The normalized spacial score (nSPS) is 13.7. The maximum atomic E-state index is 11.9. The number of nitrogens with zero attached hydrogens (tertiary/aromatic N) is 3. The number of benzene rings is 1. The van der Waals surface area contributed by atoms with Crippen LogP contribution in [0.1, 0.15) is 18.4 Å². The summed E-state index contributed by atoms with van der Waals surface area (Å²) in [5.41, 5.74) is 2.10. The van der Waals surface area contributed by atoms with Crippen LogP contribution >= 0.6 is 0 Å². The maximum Gasteiger partial charge on any atom is 0.227 e. The van der Waals surface area contributed by atoms with E-state index in [0.717, 1.165) is 24.3 Å². The van der Waals surface area contributed by atoms with Crippen LogP contribution in [0.5, 0.6) is 5.75 Å². The second-order valence-corrected chi connectivity index (χ2v) is 5.20. The topological polar surface area (TPSA) is 78.2 Å². The minimum atomic E-state index is 0.123. The third kappa shape index (κ3) is 3.09. The lowest BCUT2D eigenvalue weighted by molar-refractivity contribution is -0.117. The van der Waals surface area contributed by atoms with Crippen molar-refractivity contribution in [3.8, 4) is 11.8 Å². The summed E-state index contributed by atoms with van der Waals surface area (Å²) in [5.74, 6) is 1.40. The van der Waals surface area contributed by atoms with Crippen molar-refractivity contribution in [3.05, 3.63) is 42.1 Å². The highest BCUT2D eigenvalue weighted by atomic mass is 16.5. The molecule has 1 saturated heterocycles. The van der Waals surface area contributed by atoms with Crippen LogP contribution in [-0.2, 0) is 4.79 Å². The molecule has 0 spiro atoms. The number of ether oxygens (including phenoxy) is 1. The quantitative estimate of drug-likeness (QED) is 0.939. The predicted octanol–water partition coefficient (Wildman–Crippen LogP) is 2.83. The second kappa shape index (κ2) is 6.36. The maximum absolute atomic E-state index is 11.9. The fourth-order valence-electron chi connectivity index (χ4n) is 2.56. The largest absolute Gasteiger partial charge is 0.494 e. The lowest BCUT2D eigenvalue weighted by Gasteiger charge is -2.19. The minimum Gasteiger partial charge on any atom is -0.494 e. The fraction of sp³-hybridized carbons (Fsp3) is 0.235. The molecule has 0 unspecified atom stereocenters. The molecule has 3 rings (SSSR count). The first-order valence-corrected chi connectivity index (χ1v) is 7.33. The van der Waals surface area contributed by atoms with Crippen molar-refractivity contribution in [2.45, 2.75) is 12.8 Å². The summed E-state index contributed by atoms with van der Waals surface area (Å²) in [6.45, 7) is 0.721. The van der Waals surface area contributed by atoms with E-state index in [1.54, 1.807) is 24.1 Å². The Labute approximate surface area is 134 Å². The monoisotopic (exact) mass is 308 g/mol. The van der Waals surface area contributed by atoms with Gasteiger partial charge in [-0.1, -0.05) is 0 Å². The van der Waals surface area contributed by atoms with E-state index in [0.29, 0.717) is 23.6 Å². The van der Waals surface area contributed by atoms with Gasteiger partial charge in [0.2, 0.25) is 5.91 Å². The van der Waals surface area contributed by atoms with E-state index >= 15 is 0 Å². The van der Waals surface area contributed by atoms with Crippen molar-refractivity contribution in [2.75, 3.05) is 23.9 Å². The van der Waals surface area contributed by atoms with Crippen LogP contribution < -0.4 is 15.0 Å². The highest BCUT2D eigenvalue weighted by Crippen LogP contribution is 2.34. The van der Waals surface area contributed by atoms with Gasteiger partial charge in [0.1, 0.15) is 17.6 Å². The van der Waals surface area contributed by atoms with Crippen molar-refractivity contribution >= 4 is 23.1 Å². The first-order chi connectivity index (χ1) is 11.2. The molecule has 0 radical (unpaired) electrons. The van der Waals surface area contributed by atoms with Gasteiger partial charge in [0.05, 0.1) is 18.4 Å². The number of carbonyl (C=O) groups excluding carboxylic acids is 1. The number of nitriles is 1. The van der Waals surface area contributed by atoms with Crippen LogP contribution in [0.2, 0.25) is 0 Å². The number of hydrogen-bond donors (Lipinski definition) is 1. The van der Waals surface area contributed by atoms with Crippen molar-refractivity contribution in [1.29, 1.82) is 5.26 Å². The predicted molar refractivity (Wildman–Crippen MR) is 86.8 cm³/mol. The zero-order chi connectivity index (χ0) is 16.2. The van der Waals surface area contributed by atoms with Gasteiger partial charge >= 0.3 is 0 Å². The number of nitrogens with one attached hydrogen (secondary N) is 1. The lowest BCUT2D eigenvalue weighted by atomic mass is 10.2. The molecule has 0 atom stereocenters. The summed E-state index contributed by atoms with van der Waals surface area (Å²) < 4.78 is 5.42. The van der Waals surface area contributed by atoms with Crippen molar-refractivity contribution in [3.63, 3.8) is 0 Å². The Balaban J connectivity index is 1.83. The molecule has 0 bridgehead atoms. The Morgan fingerprint density at radius 3 is 2.83 bits per heavy atom. The molecule has 1 N–H and O–H groups in total. The van der Waals surface area contributed by atoms with Gasteiger partial charge in [-0.15, -0.1) is 0 Å². The van der Waals surface area contributed by atoms with Crippen molar-refractivity contribution < 1.29 is 9.53 Å². The highest BCUT2D eigenvalue weighted by molar-refractivity contribution is 5.97. The van der Waals surface area contributed by atoms with Crippen LogP contribution in [-0.4, -0.2) is 24.5 Å². The third-order valence-electron chi connectivity index (χ3n) is 3.71. The molecular formula is C17H16N4O2. The number of hydrogen-bond acceptors (Lipinski definition) is 5. The van der Waals surface area contributed by atoms with Crippen LogP contribution in [0.25, 0.3) is 0 Å². The molecule has 6 heteroatoms. The van der Waals surface area contributed by atoms with Gasteiger partial charge < -0.3 is 15.0 Å². The van der Waals surface area contributed by atoms with Gasteiger partial charge in [0, 0.05) is 30.9 Å². The van der Waals surface area contributed by atoms with Gasteiger partial charge in [-0.2, -0.15) is 5.26 Å². The smallest absolute Gasteiger partial charge is 0.227 e. The molecule has 1 fully saturated rings.